The second kappa shape index (κ2) is 4.22. The third-order valence-corrected chi connectivity index (χ3v) is 5.67. The van der Waals surface area contributed by atoms with E-state index in [9.17, 15) is 0 Å². The average molecular weight is 235 g/mol. The summed E-state index contributed by atoms with van der Waals surface area (Å²) in [5.41, 5.74) is 0. The molecule has 5 atom stereocenters. The summed E-state index contributed by atoms with van der Waals surface area (Å²) in [6.45, 7) is 6.80. The van der Waals surface area contributed by atoms with Gasteiger partial charge in [0.25, 0.3) is 0 Å². The van der Waals surface area contributed by atoms with E-state index in [2.05, 4.69) is 15.1 Å². The van der Waals surface area contributed by atoms with Crippen molar-refractivity contribution in [3.8, 4) is 0 Å². The van der Waals surface area contributed by atoms with Gasteiger partial charge in [-0.05, 0) is 57.7 Å². The fourth-order valence-electron chi connectivity index (χ4n) is 4.72. The number of nitrogens with one attached hydrogen (secondary N) is 1. The largest absolute Gasteiger partial charge is 0.309 e. The van der Waals surface area contributed by atoms with Gasteiger partial charge in [-0.25, -0.2) is 0 Å². The summed E-state index contributed by atoms with van der Waals surface area (Å²) in [5.74, 6) is 0.958. The van der Waals surface area contributed by atoms with Gasteiger partial charge in [0, 0.05) is 31.2 Å². The molecule has 0 aromatic carbocycles. The first-order valence-electron chi connectivity index (χ1n) is 7.62. The van der Waals surface area contributed by atoms with Gasteiger partial charge < -0.3 is 10.2 Å². The minimum atomic E-state index is 0.814. The van der Waals surface area contributed by atoms with Gasteiger partial charge in [0.15, 0.2) is 0 Å². The Morgan fingerprint density at radius 3 is 2.71 bits per heavy atom. The molecule has 4 aliphatic heterocycles. The summed E-state index contributed by atoms with van der Waals surface area (Å²) >= 11 is 0. The van der Waals surface area contributed by atoms with E-state index in [4.69, 9.17) is 0 Å². The molecule has 0 aromatic heterocycles. The van der Waals surface area contributed by atoms with Crippen molar-refractivity contribution in [2.24, 2.45) is 5.92 Å². The topological polar surface area (TPSA) is 18.5 Å². The molecule has 3 heteroatoms. The molecular weight excluding hydrogens is 210 g/mol. The first kappa shape index (κ1) is 10.8. The highest BCUT2D eigenvalue weighted by molar-refractivity contribution is 4.99. The van der Waals surface area contributed by atoms with Crippen molar-refractivity contribution in [1.82, 2.24) is 15.1 Å². The van der Waals surface area contributed by atoms with E-state index in [1.807, 2.05) is 0 Å². The maximum Gasteiger partial charge on any atom is 0.0250 e. The highest BCUT2D eigenvalue weighted by Gasteiger charge is 2.41. The zero-order chi connectivity index (χ0) is 11.2. The highest BCUT2D eigenvalue weighted by atomic mass is 15.3. The summed E-state index contributed by atoms with van der Waals surface area (Å²) in [6, 6.07) is 2.53. The molecular formula is C14H25N3. The Bertz CT molecular complexity index is 293. The van der Waals surface area contributed by atoms with Gasteiger partial charge in [-0.2, -0.15) is 0 Å². The summed E-state index contributed by atoms with van der Waals surface area (Å²) in [4.78, 5) is 5.38. The molecule has 5 unspecified atom stereocenters. The molecule has 0 aromatic rings. The first-order chi connectivity index (χ1) is 8.40. The maximum atomic E-state index is 4.05. The van der Waals surface area contributed by atoms with Crippen LogP contribution in [0.1, 0.15) is 32.1 Å². The molecule has 0 radical (unpaired) electrons. The highest BCUT2D eigenvalue weighted by Crippen LogP contribution is 2.32. The van der Waals surface area contributed by atoms with Crippen molar-refractivity contribution in [2.45, 2.75) is 50.2 Å². The molecule has 4 aliphatic rings. The normalized spacial score (nSPS) is 49.8. The first-order valence-corrected chi connectivity index (χ1v) is 7.62. The van der Waals surface area contributed by atoms with Crippen molar-refractivity contribution in [3.63, 3.8) is 0 Å². The summed E-state index contributed by atoms with van der Waals surface area (Å²) in [7, 11) is 0. The molecule has 4 heterocycles. The van der Waals surface area contributed by atoms with Crippen molar-refractivity contribution >= 4 is 0 Å². The van der Waals surface area contributed by atoms with E-state index >= 15 is 0 Å². The van der Waals surface area contributed by atoms with Crippen LogP contribution < -0.4 is 5.32 Å². The number of rotatable bonds is 2. The van der Waals surface area contributed by atoms with Crippen LogP contribution in [0.2, 0.25) is 0 Å². The quantitative estimate of drug-likeness (QED) is 0.767. The van der Waals surface area contributed by atoms with Crippen LogP contribution in [-0.4, -0.2) is 60.6 Å². The average Bonchev–Trinajstić information content (AvgIpc) is 3.00. The SMILES string of the molecule is C1CC2C(NC3CCN4CCC3C4)CCN2C1. The van der Waals surface area contributed by atoms with Crippen LogP contribution >= 0.6 is 0 Å². The Morgan fingerprint density at radius 1 is 0.824 bits per heavy atom. The molecule has 17 heavy (non-hydrogen) atoms. The van der Waals surface area contributed by atoms with Crippen LogP contribution in [0.3, 0.4) is 0 Å². The Hall–Kier alpha value is -0.120. The second-order valence-electron chi connectivity index (χ2n) is 6.55. The monoisotopic (exact) mass is 235 g/mol. The van der Waals surface area contributed by atoms with Crippen molar-refractivity contribution in [1.29, 1.82) is 0 Å². The van der Waals surface area contributed by atoms with E-state index in [-0.39, 0.29) is 0 Å². The number of nitrogens with zero attached hydrogens (tertiary/aromatic N) is 2. The molecule has 4 fully saturated rings. The molecule has 96 valence electrons. The third-order valence-electron chi connectivity index (χ3n) is 5.67. The summed E-state index contributed by atoms with van der Waals surface area (Å²) < 4.78 is 0. The Labute approximate surface area is 105 Å². The van der Waals surface area contributed by atoms with Crippen LogP contribution in [-0.2, 0) is 0 Å². The zero-order valence-electron chi connectivity index (χ0n) is 10.8. The van der Waals surface area contributed by atoms with Gasteiger partial charge in [-0.1, -0.05) is 0 Å². The van der Waals surface area contributed by atoms with Gasteiger partial charge in [0.1, 0.15) is 0 Å². The Morgan fingerprint density at radius 2 is 1.71 bits per heavy atom. The minimum absolute atomic E-state index is 0.814. The molecule has 4 rings (SSSR count). The van der Waals surface area contributed by atoms with E-state index in [0.29, 0.717) is 0 Å². The molecule has 4 saturated heterocycles. The van der Waals surface area contributed by atoms with Crippen LogP contribution in [0, 0.1) is 5.92 Å². The molecule has 0 amide bonds. The van der Waals surface area contributed by atoms with E-state index in [0.717, 1.165) is 24.0 Å². The van der Waals surface area contributed by atoms with E-state index in [1.165, 1.54) is 64.8 Å². The predicted molar refractivity (Wildman–Crippen MR) is 69.1 cm³/mol. The molecule has 0 aliphatic carbocycles. The standard InChI is InChI=1S/C14H25N3/c1-2-14-13(5-9-17(14)6-1)15-12-4-8-16-7-3-11(12)10-16/h11-15H,1-10H2. The summed E-state index contributed by atoms with van der Waals surface area (Å²) in [5, 5.41) is 4.05. The number of hydrogen-bond donors (Lipinski definition) is 1. The molecule has 1 N–H and O–H groups in total. The van der Waals surface area contributed by atoms with Gasteiger partial charge in [-0.3, -0.25) is 4.90 Å². The lowest BCUT2D eigenvalue weighted by molar-refractivity contribution is 0.198. The molecule has 3 nitrogen and oxygen atoms in total. The van der Waals surface area contributed by atoms with E-state index in [1.54, 1.807) is 0 Å². The van der Waals surface area contributed by atoms with Crippen LogP contribution in [0.5, 0.6) is 0 Å². The third kappa shape index (κ3) is 1.83. The lowest BCUT2D eigenvalue weighted by Gasteiger charge is -2.34. The van der Waals surface area contributed by atoms with Gasteiger partial charge >= 0.3 is 0 Å². The van der Waals surface area contributed by atoms with Crippen LogP contribution in [0.4, 0.5) is 0 Å². The maximum absolute atomic E-state index is 4.05. The Balaban J connectivity index is 1.40. The number of piperidine rings is 1. The van der Waals surface area contributed by atoms with Gasteiger partial charge in [0.05, 0.1) is 0 Å². The Kier molecular flexibility index (Phi) is 2.67. The minimum Gasteiger partial charge on any atom is -0.309 e. The fourth-order valence-corrected chi connectivity index (χ4v) is 4.72. The second-order valence-corrected chi connectivity index (χ2v) is 6.55. The van der Waals surface area contributed by atoms with E-state index < -0.39 is 0 Å². The van der Waals surface area contributed by atoms with Crippen LogP contribution in [0.15, 0.2) is 0 Å². The predicted octanol–water partition coefficient (Wildman–Crippen LogP) is 0.907. The van der Waals surface area contributed by atoms with Crippen molar-refractivity contribution in [3.05, 3.63) is 0 Å². The lowest BCUT2D eigenvalue weighted by atomic mass is 9.92. The lowest BCUT2D eigenvalue weighted by Crippen LogP contribution is -2.50. The van der Waals surface area contributed by atoms with Crippen LogP contribution in [0.25, 0.3) is 0 Å². The summed E-state index contributed by atoms with van der Waals surface area (Å²) in [6.07, 6.45) is 7.12. The number of hydrogen-bond acceptors (Lipinski definition) is 3. The molecule has 0 spiro atoms. The molecule has 2 bridgehead atoms. The fraction of sp³-hybridized carbons (Fsp3) is 1.00. The van der Waals surface area contributed by atoms with Gasteiger partial charge in [0.2, 0.25) is 0 Å². The van der Waals surface area contributed by atoms with Crippen molar-refractivity contribution < 1.29 is 0 Å². The smallest absolute Gasteiger partial charge is 0.0250 e. The number of fused-ring (bicyclic) bond motifs is 3. The van der Waals surface area contributed by atoms with Gasteiger partial charge in [-0.15, -0.1) is 0 Å². The van der Waals surface area contributed by atoms with Crippen molar-refractivity contribution in [2.75, 3.05) is 32.7 Å². The zero-order valence-corrected chi connectivity index (χ0v) is 10.8. The molecule has 0 saturated carbocycles.